The Balaban J connectivity index is 1.53. The largest absolute Gasteiger partial charge is 0.497 e. The van der Waals surface area contributed by atoms with Crippen LogP contribution >= 0.6 is 15.9 Å². The lowest BCUT2D eigenvalue weighted by Gasteiger charge is -2.10. The lowest BCUT2D eigenvalue weighted by molar-refractivity contribution is 0.304. The van der Waals surface area contributed by atoms with Gasteiger partial charge in [0.25, 0.3) is 0 Å². The monoisotopic (exact) mass is 479 g/mol. The van der Waals surface area contributed by atoms with Crippen molar-refractivity contribution >= 4 is 33.7 Å². The van der Waals surface area contributed by atoms with Gasteiger partial charge in [-0.2, -0.15) is 0 Å². The summed E-state index contributed by atoms with van der Waals surface area (Å²) in [6.07, 6.45) is 5.48. The SMILES string of the molecule is COc1cc(C)cc(COc2cc(Br)nc(/C=C/c3nc4c(C)ncc(C)n4n3)c2)c1. The highest BCUT2D eigenvalue weighted by atomic mass is 79.9. The molecule has 7 nitrogen and oxygen atoms in total. The number of halogens is 1. The Hall–Kier alpha value is -3.26. The summed E-state index contributed by atoms with van der Waals surface area (Å²) in [6, 6.07) is 9.75. The normalized spacial score (nSPS) is 11.4. The molecule has 0 N–H and O–H groups in total. The van der Waals surface area contributed by atoms with Gasteiger partial charge in [0.15, 0.2) is 11.5 Å². The average molecular weight is 480 g/mol. The first kappa shape index (κ1) is 21.0. The van der Waals surface area contributed by atoms with E-state index in [1.54, 1.807) is 17.8 Å². The van der Waals surface area contributed by atoms with Crippen LogP contribution < -0.4 is 9.47 Å². The van der Waals surface area contributed by atoms with Gasteiger partial charge in [0, 0.05) is 18.3 Å². The van der Waals surface area contributed by atoms with Gasteiger partial charge in [-0.15, -0.1) is 5.10 Å². The van der Waals surface area contributed by atoms with Crippen LogP contribution in [0.1, 0.15) is 34.0 Å². The number of aromatic nitrogens is 5. The third-order valence-corrected chi connectivity index (χ3v) is 5.07. The quantitative estimate of drug-likeness (QED) is 0.363. The summed E-state index contributed by atoms with van der Waals surface area (Å²) in [5.74, 6) is 2.12. The maximum absolute atomic E-state index is 6.00. The van der Waals surface area contributed by atoms with E-state index in [1.807, 2.05) is 57.2 Å². The van der Waals surface area contributed by atoms with Crippen molar-refractivity contribution in [3.8, 4) is 11.5 Å². The molecule has 0 aliphatic carbocycles. The highest BCUT2D eigenvalue weighted by Gasteiger charge is 2.08. The summed E-state index contributed by atoms with van der Waals surface area (Å²) in [7, 11) is 1.66. The first-order valence-electron chi connectivity index (χ1n) is 9.73. The molecule has 0 bridgehead atoms. The van der Waals surface area contributed by atoms with E-state index in [0.29, 0.717) is 22.8 Å². The molecule has 4 rings (SSSR count). The molecule has 3 heterocycles. The van der Waals surface area contributed by atoms with Crippen molar-refractivity contribution in [3.63, 3.8) is 0 Å². The molecule has 0 unspecified atom stereocenters. The van der Waals surface area contributed by atoms with E-state index < -0.39 is 0 Å². The molecular formula is C23H22BrN5O2. The fourth-order valence-electron chi connectivity index (χ4n) is 3.20. The number of ether oxygens (including phenoxy) is 2. The van der Waals surface area contributed by atoms with Crippen LogP contribution in [-0.2, 0) is 6.61 Å². The molecule has 158 valence electrons. The highest BCUT2D eigenvalue weighted by molar-refractivity contribution is 9.10. The Kier molecular flexibility index (Phi) is 5.99. The minimum absolute atomic E-state index is 0.428. The smallest absolute Gasteiger partial charge is 0.177 e. The molecule has 0 fully saturated rings. The maximum Gasteiger partial charge on any atom is 0.177 e. The molecule has 8 heteroatoms. The second kappa shape index (κ2) is 8.85. The summed E-state index contributed by atoms with van der Waals surface area (Å²) < 4.78 is 13.8. The number of rotatable bonds is 6. The van der Waals surface area contributed by atoms with E-state index in [2.05, 4.69) is 42.0 Å². The van der Waals surface area contributed by atoms with Crippen molar-refractivity contribution in [1.29, 1.82) is 0 Å². The minimum Gasteiger partial charge on any atom is -0.497 e. The van der Waals surface area contributed by atoms with Crippen molar-refractivity contribution in [3.05, 3.63) is 75.2 Å². The Morgan fingerprint density at radius 2 is 1.84 bits per heavy atom. The Morgan fingerprint density at radius 1 is 1.00 bits per heavy atom. The first-order valence-corrected chi connectivity index (χ1v) is 10.5. The van der Waals surface area contributed by atoms with Crippen LogP contribution in [0.4, 0.5) is 0 Å². The second-order valence-electron chi connectivity index (χ2n) is 7.22. The van der Waals surface area contributed by atoms with E-state index in [1.165, 1.54) is 0 Å². The van der Waals surface area contributed by atoms with Crippen molar-refractivity contribution in [2.75, 3.05) is 7.11 Å². The van der Waals surface area contributed by atoms with Crippen molar-refractivity contribution in [1.82, 2.24) is 24.6 Å². The zero-order chi connectivity index (χ0) is 22.0. The number of benzene rings is 1. The lowest BCUT2D eigenvalue weighted by Crippen LogP contribution is -1.98. The number of aryl methyl sites for hydroxylation is 3. The van der Waals surface area contributed by atoms with Crippen molar-refractivity contribution in [2.24, 2.45) is 0 Å². The predicted octanol–water partition coefficient (Wildman–Crippen LogP) is 4.97. The average Bonchev–Trinajstić information content (AvgIpc) is 3.18. The third-order valence-electron chi connectivity index (χ3n) is 4.67. The molecule has 0 saturated heterocycles. The zero-order valence-corrected chi connectivity index (χ0v) is 19.3. The molecule has 0 atom stereocenters. The molecule has 0 aliphatic rings. The van der Waals surface area contributed by atoms with Gasteiger partial charge < -0.3 is 9.47 Å². The molecule has 1 aromatic carbocycles. The van der Waals surface area contributed by atoms with E-state index in [0.717, 1.165) is 39.6 Å². The first-order chi connectivity index (χ1) is 14.9. The van der Waals surface area contributed by atoms with Gasteiger partial charge >= 0.3 is 0 Å². The molecule has 0 saturated carbocycles. The standard InChI is InChI=1S/C23H22BrN5O2/c1-14-7-17(9-19(8-14)30-4)13-31-20-10-18(26-21(24)11-20)5-6-22-27-23-16(3)25-12-15(2)29(23)28-22/h5-12H,13H2,1-4H3/b6-5+. The zero-order valence-electron chi connectivity index (χ0n) is 17.8. The maximum atomic E-state index is 6.00. The van der Waals surface area contributed by atoms with Gasteiger partial charge in [-0.05, 0) is 72.1 Å². The minimum atomic E-state index is 0.428. The van der Waals surface area contributed by atoms with Crippen LogP contribution in [0.5, 0.6) is 11.5 Å². The lowest BCUT2D eigenvalue weighted by atomic mass is 10.1. The summed E-state index contributed by atoms with van der Waals surface area (Å²) in [4.78, 5) is 13.4. The number of fused-ring (bicyclic) bond motifs is 1. The summed E-state index contributed by atoms with van der Waals surface area (Å²) >= 11 is 3.46. The molecule has 0 spiro atoms. The number of hydrogen-bond acceptors (Lipinski definition) is 6. The van der Waals surface area contributed by atoms with Gasteiger partial charge in [0.1, 0.15) is 22.7 Å². The molecule has 0 radical (unpaired) electrons. The van der Waals surface area contributed by atoms with Crippen LogP contribution in [0.3, 0.4) is 0 Å². The number of pyridine rings is 1. The fraction of sp³-hybridized carbons (Fsp3) is 0.217. The molecular weight excluding hydrogens is 458 g/mol. The van der Waals surface area contributed by atoms with Gasteiger partial charge in [0.05, 0.1) is 24.2 Å². The molecule has 0 aliphatic heterocycles. The van der Waals surface area contributed by atoms with Crippen LogP contribution in [0, 0.1) is 20.8 Å². The van der Waals surface area contributed by atoms with Gasteiger partial charge in [-0.25, -0.2) is 14.5 Å². The number of hydrogen-bond donors (Lipinski definition) is 0. The van der Waals surface area contributed by atoms with Crippen LogP contribution in [0.25, 0.3) is 17.8 Å². The summed E-state index contributed by atoms with van der Waals surface area (Å²) in [5.41, 5.74) is 5.41. The summed E-state index contributed by atoms with van der Waals surface area (Å²) in [5, 5.41) is 4.53. The number of methoxy groups -OCH3 is 1. The predicted molar refractivity (Wildman–Crippen MR) is 123 cm³/mol. The van der Waals surface area contributed by atoms with Gasteiger partial charge in [0.2, 0.25) is 0 Å². The summed E-state index contributed by atoms with van der Waals surface area (Å²) in [6.45, 7) is 6.33. The van der Waals surface area contributed by atoms with Crippen molar-refractivity contribution < 1.29 is 9.47 Å². The number of nitrogens with zero attached hydrogens (tertiary/aromatic N) is 5. The van der Waals surface area contributed by atoms with Gasteiger partial charge in [-0.1, -0.05) is 6.07 Å². The molecule has 3 aromatic heterocycles. The van der Waals surface area contributed by atoms with Crippen molar-refractivity contribution in [2.45, 2.75) is 27.4 Å². The van der Waals surface area contributed by atoms with Crippen LogP contribution in [-0.4, -0.2) is 31.7 Å². The second-order valence-corrected chi connectivity index (χ2v) is 8.03. The van der Waals surface area contributed by atoms with Crippen LogP contribution in [0.2, 0.25) is 0 Å². The Labute approximate surface area is 188 Å². The van der Waals surface area contributed by atoms with E-state index >= 15 is 0 Å². The van der Waals surface area contributed by atoms with Gasteiger partial charge in [-0.3, -0.25) is 4.98 Å². The highest BCUT2D eigenvalue weighted by Crippen LogP contribution is 2.22. The third kappa shape index (κ3) is 4.91. The molecule has 0 amide bonds. The Bertz CT molecular complexity index is 1240. The van der Waals surface area contributed by atoms with E-state index in [-0.39, 0.29) is 0 Å². The van der Waals surface area contributed by atoms with E-state index in [4.69, 9.17) is 9.47 Å². The van der Waals surface area contributed by atoms with Crippen LogP contribution in [0.15, 0.2) is 41.1 Å². The van der Waals surface area contributed by atoms with E-state index in [9.17, 15) is 0 Å². The molecule has 4 aromatic rings. The topological polar surface area (TPSA) is 74.4 Å². The Morgan fingerprint density at radius 3 is 2.61 bits per heavy atom. The molecule has 31 heavy (non-hydrogen) atoms. The fourth-order valence-corrected chi connectivity index (χ4v) is 3.63.